The van der Waals surface area contributed by atoms with E-state index in [0.29, 0.717) is 16.7 Å². The molecule has 1 heterocycles. The van der Waals surface area contributed by atoms with E-state index in [0.717, 1.165) is 9.79 Å². The fourth-order valence-electron chi connectivity index (χ4n) is 1.56. The minimum atomic E-state index is 0.582. The molecule has 1 aromatic heterocycles. The molecule has 17 heavy (non-hydrogen) atoms. The minimum Gasteiger partial charge on any atom is -0.397 e. The van der Waals surface area contributed by atoms with Gasteiger partial charge in [-0.05, 0) is 34.6 Å². The van der Waals surface area contributed by atoms with Crippen molar-refractivity contribution in [2.24, 2.45) is 0 Å². The lowest BCUT2D eigenvalue weighted by atomic mass is 10.3. The van der Waals surface area contributed by atoms with E-state index < -0.39 is 0 Å². The Morgan fingerprint density at radius 2 is 1.71 bits per heavy atom. The normalized spacial score (nSPS) is 10.8. The number of rotatable bonds is 2. The van der Waals surface area contributed by atoms with Gasteiger partial charge in [-0.2, -0.15) is 0 Å². The molecule has 0 unspecified atom stereocenters. The van der Waals surface area contributed by atoms with Gasteiger partial charge in [0.1, 0.15) is 0 Å². The first-order valence-electron chi connectivity index (χ1n) is 5.08. The maximum absolute atomic E-state index is 5.79. The van der Waals surface area contributed by atoms with E-state index in [2.05, 4.69) is 10.3 Å². The summed E-state index contributed by atoms with van der Waals surface area (Å²) in [5, 5.41) is 7.68. The zero-order chi connectivity index (χ0) is 11.7. The highest BCUT2D eigenvalue weighted by Crippen LogP contribution is 2.33. The van der Waals surface area contributed by atoms with Crippen LogP contribution >= 0.6 is 11.8 Å². The summed E-state index contributed by atoms with van der Waals surface area (Å²) >= 11 is 1.61. The van der Waals surface area contributed by atoms with Gasteiger partial charge < -0.3 is 5.73 Å². The molecular formula is C12H9N3OS. The van der Waals surface area contributed by atoms with Crippen LogP contribution in [0.2, 0.25) is 0 Å². The summed E-state index contributed by atoms with van der Waals surface area (Å²) in [5.74, 6) is 0. The quantitative estimate of drug-likeness (QED) is 0.701. The molecule has 0 radical (unpaired) electrons. The Bertz CT molecular complexity index is 651. The molecule has 0 aliphatic rings. The van der Waals surface area contributed by atoms with Crippen LogP contribution in [0.3, 0.4) is 0 Å². The lowest BCUT2D eigenvalue weighted by Crippen LogP contribution is -1.87. The summed E-state index contributed by atoms with van der Waals surface area (Å²) in [4.78, 5) is 2.13. The Morgan fingerprint density at radius 3 is 2.53 bits per heavy atom. The Labute approximate surface area is 102 Å². The van der Waals surface area contributed by atoms with Crippen LogP contribution in [0, 0.1) is 0 Å². The number of nitrogen functional groups attached to an aromatic ring is 1. The van der Waals surface area contributed by atoms with E-state index in [1.54, 1.807) is 11.8 Å². The van der Waals surface area contributed by atoms with Gasteiger partial charge in [-0.15, -0.1) is 0 Å². The summed E-state index contributed by atoms with van der Waals surface area (Å²) in [6, 6.07) is 13.8. The SMILES string of the molecule is Nc1ccc(Sc2ccccc2)c2nonc12. The number of fused-ring (bicyclic) bond motifs is 1. The molecule has 2 aromatic carbocycles. The average Bonchev–Trinajstić information content (AvgIpc) is 2.84. The number of nitrogens with two attached hydrogens (primary N) is 1. The van der Waals surface area contributed by atoms with Crippen molar-refractivity contribution in [3.8, 4) is 0 Å². The predicted molar refractivity (Wildman–Crippen MR) is 66.8 cm³/mol. The Balaban J connectivity index is 2.07. The average molecular weight is 243 g/mol. The zero-order valence-corrected chi connectivity index (χ0v) is 9.65. The Kier molecular flexibility index (Phi) is 2.45. The molecular weight excluding hydrogens is 234 g/mol. The van der Waals surface area contributed by atoms with Crippen LogP contribution in [0.1, 0.15) is 0 Å². The molecule has 0 aliphatic carbocycles. The van der Waals surface area contributed by atoms with Gasteiger partial charge in [0, 0.05) is 9.79 Å². The van der Waals surface area contributed by atoms with Crippen LogP contribution in [-0.2, 0) is 0 Å². The molecule has 0 bridgehead atoms. The zero-order valence-electron chi connectivity index (χ0n) is 8.83. The summed E-state index contributed by atoms with van der Waals surface area (Å²) in [6.07, 6.45) is 0. The van der Waals surface area contributed by atoms with E-state index in [-0.39, 0.29) is 0 Å². The number of anilines is 1. The third-order valence-electron chi connectivity index (χ3n) is 2.38. The molecule has 4 nitrogen and oxygen atoms in total. The Morgan fingerprint density at radius 1 is 0.941 bits per heavy atom. The van der Waals surface area contributed by atoms with Crippen molar-refractivity contribution in [2.45, 2.75) is 9.79 Å². The number of nitrogens with zero attached hydrogens (tertiary/aromatic N) is 2. The van der Waals surface area contributed by atoms with Crippen LogP contribution in [0.25, 0.3) is 11.0 Å². The fourth-order valence-corrected chi connectivity index (χ4v) is 2.47. The largest absolute Gasteiger partial charge is 0.397 e. The first-order chi connectivity index (χ1) is 8.34. The lowest BCUT2D eigenvalue weighted by Gasteiger charge is -2.02. The predicted octanol–water partition coefficient (Wildman–Crippen LogP) is 2.96. The van der Waals surface area contributed by atoms with Crippen molar-refractivity contribution < 1.29 is 4.63 Å². The highest BCUT2D eigenvalue weighted by atomic mass is 32.2. The van der Waals surface area contributed by atoms with Crippen LogP contribution < -0.4 is 5.73 Å². The molecule has 0 atom stereocenters. The minimum absolute atomic E-state index is 0.582. The molecule has 0 fully saturated rings. The van der Waals surface area contributed by atoms with E-state index >= 15 is 0 Å². The fraction of sp³-hybridized carbons (Fsp3) is 0. The van der Waals surface area contributed by atoms with Crippen LogP contribution in [-0.4, -0.2) is 10.3 Å². The summed E-state index contributed by atoms with van der Waals surface area (Å²) in [5.41, 5.74) is 7.70. The maximum Gasteiger partial charge on any atom is 0.159 e. The molecule has 0 amide bonds. The van der Waals surface area contributed by atoms with Gasteiger partial charge in [-0.25, -0.2) is 4.63 Å². The lowest BCUT2D eigenvalue weighted by molar-refractivity contribution is 0.315. The van der Waals surface area contributed by atoms with Crippen molar-refractivity contribution >= 4 is 28.5 Å². The smallest absolute Gasteiger partial charge is 0.159 e. The summed E-state index contributed by atoms with van der Waals surface area (Å²) in [6.45, 7) is 0. The number of hydrogen-bond donors (Lipinski definition) is 1. The third-order valence-corrected chi connectivity index (χ3v) is 3.44. The number of benzene rings is 2. The molecule has 0 aliphatic heterocycles. The van der Waals surface area contributed by atoms with Crippen molar-refractivity contribution in [1.82, 2.24) is 10.3 Å². The molecule has 0 saturated heterocycles. The monoisotopic (exact) mass is 243 g/mol. The van der Waals surface area contributed by atoms with Crippen LogP contribution in [0.15, 0.2) is 56.9 Å². The van der Waals surface area contributed by atoms with Crippen LogP contribution in [0.4, 0.5) is 5.69 Å². The first kappa shape index (κ1) is 10.2. The second-order valence-electron chi connectivity index (χ2n) is 3.53. The van der Waals surface area contributed by atoms with E-state index in [4.69, 9.17) is 10.4 Å². The number of aromatic nitrogens is 2. The molecule has 2 N–H and O–H groups in total. The van der Waals surface area contributed by atoms with Gasteiger partial charge in [-0.3, -0.25) is 0 Å². The van der Waals surface area contributed by atoms with Gasteiger partial charge >= 0.3 is 0 Å². The van der Waals surface area contributed by atoms with Crippen molar-refractivity contribution in [2.75, 3.05) is 5.73 Å². The topological polar surface area (TPSA) is 64.9 Å². The molecule has 3 aromatic rings. The third kappa shape index (κ3) is 1.85. The number of hydrogen-bond acceptors (Lipinski definition) is 5. The standard InChI is InChI=1S/C12H9N3OS/c13-9-6-7-10(12-11(9)14-16-15-12)17-8-4-2-1-3-5-8/h1-7H,13H2. The highest BCUT2D eigenvalue weighted by Gasteiger charge is 2.10. The van der Waals surface area contributed by atoms with Crippen LogP contribution in [0.5, 0.6) is 0 Å². The molecule has 5 heteroatoms. The molecule has 84 valence electrons. The summed E-state index contributed by atoms with van der Waals surface area (Å²) < 4.78 is 4.73. The molecule has 0 spiro atoms. The van der Waals surface area contributed by atoms with Gasteiger partial charge in [0.05, 0.1) is 5.69 Å². The maximum atomic E-state index is 5.79. The van der Waals surface area contributed by atoms with Crippen molar-refractivity contribution in [3.63, 3.8) is 0 Å². The Hall–Kier alpha value is -2.01. The molecule has 3 rings (SSSR count). The van der Waals surface area contributed by atoms with E-state index in [1.807, 2.05) is 42.5 Å². The first-order valence-corrected chi connectivity index (χ1v) is 5.90. The van der Waals surface area contributed by atoms with Crippen molar-refractivity contribution in [1.29, 1.82) is 0 Å². The van der Waals surface area contributed by atoms with Gasteiger partial charge in [0.15, 0.2) is 11.0 Å². The van der Waals surface area contributed by atoms with E-state index in [9.17, 15) is 0 Å². The van der Waals surface area contributed by atoms with Crippen molar-refractivity contribution in [3.05, 3.63) is 42.5 Å². The highest BCUT2D eigenvalue weighted by molar-refractivity contribution is 7.99. The van der Waals surface area contributed by atoms with Gasteiger partial charge in [0.25, 0.3) is 0 Å². The van der Waals surface area contributed by atoms with Gasteiger partial charge in [0.2, 0.25) is 0 Å². The second kappa shape index (κ2) is 4.10. The second-order valence-corrected chi connectivity index (χ2v) is 4.64. The molecule has 0 saturated carbocycles. The van der Waals surface area contributed by atoms with E-state index in [1.165, 1.54) is 0 Å². The summed E-state index contributed by atoms with van der Waals surface area (Å²) in [7, 11) is 0. The van der Waals surface area contributed by atoms with Gasteiger partial charge in [-0.1, -0.05) is 30.0 Å².